The standard InChI is InChI=1S/C17H20N4O3S/c1-19-17-15(12-18)20-16(24-17)13-6-8-14(9-7-13)25(22,23)21-10-4-2-3-5-11-21/h6-9,19H,2-5,10-11H2,1H3. The second-order valence-electron chi connectivity index (χ2n) is 5.90. The zero-order chi connectivity index (χ0) is 17.9. The third kappa shape index (κ3) is 3.52. The largest absolute Gasteiger partial charge is 0.419 e. The van der Waals surface area contributed by atoms with Crippen LogP contribution in [0, 0.1) is 11.3 Å². The molecule has 0 aliphatic carbocycles. The van der Waals surface area contributed by atoms with Crippen LogP contribution in [0.2, 0.25) is 0 Å². The molecule has 1 fully saturated rings. The molecule has 8 heteroatoms. The molecule has 25 heavy (non-hydrogen) atoms. The highest BCUT2D eigenvalue weighted by Crippen LogP contribution is 2.27. The lowest BCUT2D eigenvalue weighted by molar-refractivity contribution is 0.424. The lowest BCUT2D eigenvalue weighted by Crippen LogP contribution is -2.31. The zero-order valence-electron chi connectivity index (χ0n) is 14.0. The van der Waals surface area contributed by atoms with Crippen molar-refractivity contribution in [2.24, 2.45) is 0 Å². The van der Waals surface area contributed by atoms with Crippen LogP contribution in [0.3, 0.4) is 0 Å². The first-order valence-corrected chi connectivity index (χ1v) is 9.69. The number of rotatable bonds is 4. The Bertz CT molecular complexity index is 874. The molecule has 1 N–H and O–H groups in total. The van der Waals surface area contributed by atoms with E-state index in [2.05, 4.69) is 10.3 Å². The predicted molar refractivity (Wildman–Crippen MR) is 93.4 cm³/mol. The summed E-state index contributed by atoms with van der Waals surface area (Å²) in [5.74, 6) is 0.568. The van der Waals surface area contributed by atoms with E-state index in [9.17, 15) is 8.42 Å². The van der Waals surface area contributed by atoms with Crippen molar-refractivity contribution in [3.63, 3.8) is 0 Å². The van der Waals surface area contributed by atoms with Crippen LogP contribution in [0.5, 0.6) is 0 Å². The molecule has 0 saturated carbocycles. The summed E-state index contributed by atoms with van der Waals surface area (Å²) in [7, 11) is -1.84. The third-order valence-corrected chi connectivity index (χ3v) is 6.18. The highest BCUT2D eigenvalue weighted by Gasteiger charge is 2.25. The fraction of sp³-hybridized carbons (Fsp3) is 0.412. The van der Waals surface area contributed by atoms with Gasteiger partial charge in [-0.25, -0.2) is 8.42 Å². The maximum atomic E-state index is 12.8. The number of hydrogen-bond acceptors (Lipinski definition) is 6. The Kier molecular flexibility index (Phi) is 5.06. The van der Waals surface area contributed by atoms with Crippen LogP contribution in [-0.2, 0) is 10.0 Å². The Morgan fingerprint density at radius 2 is 1.80 bits per heavy atom. The van der Waals surface area contributed by atoms with Crippen LogP contribution in [0.25, 0.3) is 11.5 Å². The van der Waals surface area contributed by atoms with E-state index in [1.807, 2.05) is 6.07 Å². The topological polar surface area (TPSA) is 99.2 Å². The van der Waals surface area contributed by atoms with Crippen LogP contribution in [0.1, 0.15) is 31.4 Å². The van der Waals surface area contributed by atoms with Gasteiger partial charge >= 0.3 is 0 Å². The summed E-state index contributed by atoms with van der Waals surface area (Å²) in [5, 5.41) is 11.8. The lowest BCUT2D eigenvalue weighted by atomic mass is 10.2. The molecule has 2 heterocycles. The molecule has 2 aromatic rings. The second kappa shape index (κ2) is 7.25. The number of sulfonamides is 1. The monoisotopic (exact) mass is 360 g/mol. The van der Waals surface area contributed by atoms with E-state index in [1.165, 1.54) is 0 Å². The minimum Gasteiger partial charge on any atom is -0.419 e. The van der Waals surface area contributed by atoms with E-state index in [0.717, 1.165) is 25.7 Å². The number of oxazole rings is 1. The number of anilines is 1. The molecule has 1 aromatic carbocycles. The van der Waals surface area contributed by atoms with Crippen molar-refractivity contribution in [1.29, 1.82) is 5.26 Å². The summed E-state index contributed by atoms with van der Waals surface area (Å²) < 4.78 is 32.6. The van der Waals surface area contributed by atoms with Crippen molar-refractivity contribution in [3.05, 3.63) is 30.0 Å². The molecule has 0 radical (unpaired) electrons. The molecule has 1 aliphatic rings. The van der Waals surface area contributed by atoms with Gasteiger partial charge in [0.15, 0.2) is 0 Å². The van der Waals surface area contributed by atoms with Gasteiger partial charge in [-0.15, -0.1) is 0 Å². The Morgan fingerprint density at radius 1 is 1.16 bits per heavy atom. The van der Waals surface area contributed by atoms with Gasteiger partial charge in [0.25, 0.3) is 0 Å². The van der Waals surface area contributed by atoms with Crippen LogP contribution in [-0.4, -0.2) is 37.8 Å². The van der Waals surface area contributed by atoms with Crippen LogP contribution in [0.15, 0.2) is 33.6 Å². The van der Waals surface area contributed by atoms with Crippen molar-refractivity contribution in [1.82, 2.24) is 9.29 Å². The minimum atomic E-state index is -3.48. The minimum absolute atomic E-state index is 0.166. The molecule has 1 aliphatic heterocycles. The Hall–Kier alpha value is -2.37. The molecule has 3 rings (SSSR count). The second-order valence-corrected chi connectivity index (χ2v) is 7.84. The molecule has 0 bridgehead atoms. The SMILES string of the molecule is CNc1oc(-c2ccc(S(=O)(=O)N3CCCCCC3)cc2)nc1C#N. The maximum Gasteiger partial charge on any atom is 0.243 e. The summed E-state index contributed by atoms with van der Waals surface area (Å²) in [5.41, 5.74) is 0.784. The molecule has 7 nitrogen and oxygen atoms in total. The van der Waals surface area contributed by atoms with Gasteiger partial charge in [-0.05, 0) is 37.1 Å². The summed E-state index contributed by atoms with van der Waals surface area (Å²) >= 11 is 0. The first-order valence-electron chi connectivity index (χ1n) is 8.25. The highest BCUT2D eigenvalue weighted by atomic mass is 32.2. The molecule has 0 spiro atoms. The fourth-order valence-electron chi connectivity index (χ4n) is 2.89. The van der Waals surface area contributed by atoms with Crippen molar-refractivity contribution in [3.8, 4) is 17.5 Å². The zero-order valence-corrected chi connectivity index (χ0v) is 14.8. The summed E-state index contributed by atoms with van der Waals surface area (Å²) in [6.45, 7) is 1.14. The smallest absolute Gasteiger partial charge is 0.243 e. The van der Waals surface area contributed by atoms with Crippen LogP contribution in [0.4, 0.5) is 5.88 Å². The Balaban J connectivity index is 1.87. The van der Waals surface area contributed by atoms with E-state index >= 15 is 0 Å². The van der Waals surface area contributed by atoms with Crippen molar-refractivity contribution in [2.45, 2.75) is 30.6 Å². The van der Waals surface area contributed by atoms with Crippen molar-refractivity contribution >= 4 is 15.9 Å². The van der Waals surface area contributed by atoms with Gasteiger partial charge in [0.05, 0.1) is 4.90 Å². The predicted octanol–water partition coefficient (Wildman–Crippen LogP) is 2.82. The summed E-state index contributed by atoms with van der Waals surface area (Å²) in [6.07, 6.45) is 3.95. The van der Waals surface area contributed by atoms with Gasteiger partial charge in [0, 0.05) is 25.7 Å². The quantitative estimate of drug-likeness (QED) is 0.900. The average Bonchev–Trinajstić information content (AvgIpc) is 2.85. The average molecular weight is 360 g/mol. The number of benzene rings is 1. The molecule has 132 valence electrons. The summed E-state index contributed by atoms with van der Waals surface area (Å²) in [4.78, 5) is 4.38. The van der Waals surface area contributed by atoms with Gasteiger partial charge in [-0.1, -0.05) is 12.8 Å². The van der Waals surface area contributed by atoms with Gasteiger partial charge in [0.2, 0.25) is 27.5 Å². The highest BCUT2D eigenvalue weighted by molar-refractivity contribution is 7.89. The molecular weight excluding hydrogens is 340 g/mol. The van der Waals surface area contributed by atoms with E-state index in [1.54, 1.807) is 35.6 Å². The molecular formula is C17H20N4O3S. The van der Waals surface area contributed by atoms with Gasteiger partial charge in [-0.3, -0.25) is 0 Å². The third-order valence-electron chi connectivity index (χ3n) is 4.26. The van der Waals surface area contributed by atoms with Crippen LogP contribution >= 0.6 is 0 Å². The summed E-state index contributed by atoms with van der Waals surface area (Å²) in [6, 6.07) is 8.37. The molecule has 1 saturated heterocycles. The lowest BCUT2D eigenvalue weighted by Gasteiger charge is -2.19. The fourth-order valence-corrected chi connectivity index (χ4v) is 4.41. The molecule has 0 amide bonds. The number of nitrogens with one attached hydrogen (secondary N) is 1. The number of nitriles is 1. The Labute approximate surface area is 147 Å². The normalized spacial score (nSPS) is 16.2. The van der Waals surface area contributed by atoms with Gasteiger partial charge in [0.1, 0.15) is 6.07 Å². The van der Waals surface area contributed by atoms with E-state index in [0.29, 0.717) is 24.5 Å². The van der Waals surface area contributed by atoms with Crippen molar-refractivity contribution in [2.75, 3.05) is 25.5 Å². The number of nitrogens with zero attached hydrogens (tertiary/aromatic N) is 3. The maximum absolute atomic E-state index is 12.8. The Morgan fingerprint density at radius 3 is 2.32 bits per heavy atom. The van der Waals surface area contributed by atoms with E-state index < -0.39 is 10.0 Å². The first-order chi connectivity index (χ1) is 12.1. The van der Waals surface area contributed by atoms with Crippen molar-refractivity contribution < 1.29 is 12.8 Å². The van der Waals surface area contributed by atoms with Gasteiger partial charge < -0.3 is 9.73 Å². The van der Waals surface area contributed by atoms with Crippen LogP contribution < -0.4 is 5.32 Å². The number of aromatic nitrogens is 1. The van der Waals surface area contributed by atoms with E-state index in [4.69, 9.17) is 9.68 Å². The molecule has 0 unspecified atom stereocenters. The molecule has 0 atom stereocenters. The van der Waals surface area contributed by atoms with Gasteiger partial charge in [-0.2, -0.15) is 14.6 Å². The first kappa shape index (κ1) is 17.5. The molecule has 1 aromatic heterocycles. The number of hydrogen-bond donors (Lipinski definition) is 1. The van der Waals surface area contributed by atoms with E-state index in [-0.39, 0.29) is 16.5 Å².